The molecule has 2 aliphatic rings. The maximum atomic E-state index is 6.07. The molecule has 2 atom stereocenters. The molecule has 21 heavy (non-hydrogen) atoms. The summed E-state index contributed by atoms with van der Waals surface area (Å²) in [4.78, 5) is 2.49. The predicted molar refractivity (Wildman–Crippen MR) is 81.1 cm³/mol. The summed E-state index contributed by atoms with van der Waals surface area (Å²) in [5, 5.41) is 0. The van der Waals surface area contributed by atoms with Gasteiger partial charge in [0.05, 0.1) is 31.6 Å². The van der Waals surface area contributed by atoms with Crippen LogP contribution < -0.4 is 0 Å². The molecular formula is C17H27NO3. The molecule has 118 valence electrons. The number of ether oxygens (including phenoxy) is 2. The zero-order valence-corrected chi connectivity index (χ0v) is 13.2. The van der Waals surface area contributed by atoms with Crippen LogP contribution in [0.2, 0.25) is 0 Å². The maximum Gasteiger partial charge on any atom is 0.117 e. The third-order valence-electron chi connectivity index (χ3n) is 4.73. The van der Waals surface area contributed by atoms with Gasteiger partial charge in [0.15, 0.2) is 0 Å². The summed E-state index contributed by atoms with van der Waals surface area (Å²) in [6.45, 7) is 8.96. The SMILES string of the molecule is CC(C)OC[C@@]12CCCO[C@@H]1CCN(Cc1ccco1)C2. The van der Waals surface area contributed by atoms with Crippen molar-refractivity contribution in [3.63, 3.8) is 0 Å². The Kier molecular flexibility index (Phi) is 4.67. The second-order valence-electron chi connectivity index (χ2n) is 6.76. The van der Waals surface area contributed by atoms with Crippen molar-refractivity contribution < 1.29 is 13.9 Å². The van der Waals surface area contributed by atoms with Crippen LogP contribution in [0.3, 0.4) is 0 Å². The van der Waals surface area contributed by atoms with Crippen molar-refractivity contribution in [2.24, 2.45) is 5.41 Å². The van der Waals surface area contributed by atoms with E-state index in [1.807, 2.05) is 6.07 Å². The van der Waals surface area contributed by atoms with Gasteiger partial charge in [-0.3, -0.25) is 4.90 Å². The summed E-state index contributed by atoms with van der Waals surface area (Å²) in [5.41, 5.74) is 0.160. The minimum Gasteiger partial charge on any atom is -0.468 e. The molecule has 4 nitrogen and oxygen atoms in total. The molecule has 0 saturated carbocycles. The standard InChI is InChI=1S/C17H27NO3/c1-14(2)21-13-17-7-4-10-20-16(17)6-8-18(12-17)11-15-5-3-9-19-15/h3,5,9,14,16H,4,6-8,10-13H2,1-2H3/t16-,17+/m1/s1. The Morgan fingerprint density at radius 3 is 3.14 bits per heavy atom. The van der Waals surface area contributed by atoms with Crippen LogP contribution in [-0.4, -0.2) is 43.4 Å². The van der Waals surface area contributed by atoms with Crippen LogP contribution >= 0.6 is 0 Å². The molecule has 0 amide bonds. The van der Waals surface area contributed by atoms with Gasteiger partial charge in [-0.25, -0.2) is 0 Å². The first-order chi connectivity index (χ1) is 10.2. The van der Waals surface area contributed by atoms with Crippen molar-refractivity contribution in [3.8, 4) is 0 Å². The van der Waals surface area contributed by atoms with Crippen LogP contribution in [-0.2, 0) is 16.0 Å². The monoisotopic (exact) mass is 293 g/mol. The Morgan fingerprint density at radius 1 is 1.48 bits per heavy atom. The molecule has 0 N–H and O–H groups in total. The van der Waals surface area contributed by atoms with Crippen molar-refractivity contribution in [2.45, 2.75) is 51.9 Å². The van der Waals surface area contributed by atoms with Gasteiger partial charge in [0.25, 0.3) is 0 Å². The summed E-state index contributed by atoms with van der Waals surface area (Å²) in [6, 6.07) is 4.02. The van der Waals surface area contributed by atoms with Gasteiger partial charge in [0.2, 0.25) is 0 Å². The van der Waals surface area contributed by atoms with Crippen molar-refractivity contribution in [2.75, 3.05) is 26.3 Å². The van der Waals surface area contributed by atoms with Gasteiger partial charge in [-0.1, -0.05) is 0 Å². The number of hydrogen-bond acceptors (Lipinski definition) is 4. The Labute approximate surface area is 127 Å². The van der Waals surface area contributed by atoms with E-state index < -0.39 is 0 Å². The van der Waals surface area contributed by atoms with Crippen molar-refractivity contribution in [3.05, 3.63) is 24.2 Å². The molecular weight excluding hydrogens is 266 g/mol. The molecule has 0 aromatic carbocycles. The van der Waals surface area contributed by atoms with E-state index >= 15 is 0 Å². The second-order valence-corrected chi connectivity index (χ2v) is 6.76. The van der Waals surface area contributed by atoms with Crippen LogP contribution in [0.1, 0.15) is 38.9 Å². The van der Waals surface area contributed by atoms with Gasteiger partial charge in [0.1, 0.15) is 5.76 Å². The van der Waals surface area contributed by atoms with E-state index in [4.69, 9.17) is 13.9 Å². The van der Waals surface area contributed by atoms with Gasteiger partial charge < -0.3 is 13.9 Å². The smallest absolute Gasteiger partial charge is 0.117 e. The Bertz CT molecular complexity index is 431. The lowest BCUT2D eigenvalue weighted by molar-refractivity contribution is -0.160. The van der Waals surface area contributed by atoms with E-state index in [0.29, 0.717) is 6.10 Å². The molecule has 0 aliphatic carbocycles. The normalized spacial score (nSPS) is 30.5. The maximum absolute atomic E-state index is 6.07. The summed E-state index contributed by atoms with van der Waals surface area (Å²) in [5.74, 6) is 1.05. The minimum atomic E-state index is 0.160. The highest BCUT2D eigenvalue weighted by molar-refractivity contribution is 5.01. The Morgan fingerprint density at radius 2 is 2.38 bits per heavy atom. The van der Waals surface area contributed by atoms with E-state index in [9.17, 15) is 0 Å². The van der Waals surface area contributed by atoms with E-state index in [1.54, 1.807) is 6.26 Å². The van der Waals surface area contributed by atoms with Gasteiger partial charge in [0, 0.05) is 25.1 Å². The number of rotatable bonds is 5. The Hall–Kier alpha value is -0.840. The molecule has 1 aromatic heterocycles. The second kappa shape index (κ2) is 6.51. The van der Waals surface area contributed by atoms with Crippen LogP contribution in [0.5, 0.6) is 0 Å². The fourth-order valence-corrected chi connectivity index (χ4v) is 3.68. The van der Waals surface area contributed by atoms with E-state index in [-0.39, 0.29) is 11.5 Å². The van der Waals surface area contributed by atoms with Gasteiger partial charge >= 0.3 is 0 Å². The van der Waals surface area contributed by atoms with Gasteiger partial charge in [-0.05, 0) is 45.2 Å². The van der Waals surface area contributed by atoms with Crippen molar-refractivity contribution in [1.82, 2.24) is 4.90 Å². The van der Waals surface area contributed by atoms with Crippen LogP contribution in [0.25, 0.3) is 0 Å². The van der Waals surface area contributed by atoms with Gasteiger partial charge in [-0.15, -0.1) is 0 Å². The highest BCUT2D eigenvalue weighted by Crippen LogP contribution is 2.41. The van der Waals surface area contributed by atoms with E-state index in [0.717, 1.165) is 51.4 Å². The molecule has 0 unspecified atom stereocenters. The van der Waals surface area contributed by atoms with Gasteiger partial charge in [-0.2, -0.15) is 0 Å². The summed E-state index contributed by atoms with van der Waals surface area (Å²) >= 11 is 0. The molecule has 2 saturated heterocycles. The number of piperidine rings is 1. The van der Waals surface area contributed by atoms with E-state index in [2.05, 4.69) is 24.8 Å². The molecule has 0 spiro atoms. The third kappa shape index (κ3) is 3.50. The lowest BCUT2D eigenvalue weighted by Gasteiger charge is -2.50. The van der Waals surface area contributed by atoms with Crippen LogP contribution in [0.15, 0.2) is 22.8 Å². The fraction of sp³-hybridized carbons (Fsp3) is 0.765. The molecule has 4 heteroatoms. The molecule has 2 fully saturated rings. The largest absolute Gasteiger partial charge is 0.468 e. The fourth-order valence-electron chi connectivity index (χ4n) is 3.68. The quantitative estimate of drug-likeness (QED) is 0.835. The number of likely N-dealkylation sites (tertiary alicyclic amines) is 1. The molecule has 2 aliphatic heterocycles. The van der Waals surface area contributed by atoms with Crippen molar-refractivity contribution in [1.29, 1.82) is 0 Å². The number of furan rings is 1. The molecule has 0 bridgehead atoms. The van der Waals surface area contributed by atoms with E-state index in [1.165, 1.54) is 6.42 Å². The third-order valence-corrected chi connectivity index (χ3v) is 4.73. The first-order valence-electron chi connectivity index (χ1n) is 8.16. The number of fused-ring (bicyclic) bond motifs is 1. The van der Waals surface area contributed by atoms with Crippen LogP contribution in [0, 0.1) is 5.41 Å². The lowest BCUT2D eigenvalue weighted by atomic mass is 9.73. The summed E-state index contributed by atoms with van der Waals surface area (Å²) < 4.78 is 17.6. The molecule has 3 heterocycles. The summed E-state index contributed by atoms with van der Waals surface area (Å²) in [7, 11) is 0. The van der Waals surface area contributed by atoms with Crippen molar-refractivity contribution >= 4 is 0 Å². The minimum absolute atomic E-state index is 0.160. The highest BCUT2D eigenvalue weighted by atomic mass is 16.5. The topological polar surface area (TPSA) is 34.8 Å². The lowest BCUT2D eigenvalue weighted by Crippen LogP contribution is -2.56. The predicted octanol–water partition coefficient (Wildman–Crippen LogP) is 3.08. The molecule has 0 radical (unpaired) electrons. The molecule has 1 aromatic rings. The Balaban J connectivity index is 1.68. The highest BCUT2D eigenvalue weighted by Gasteiger charge is 2.46. The van der Waals surface area contributed by atoms with Crippen LogP contribution in [0.4, 0.5) is 0 Å². The average molecular weight is 293 g/mol. The first kappa shape index (κ1) is 15.1. The first-order valence-corrected chi connectivity index (χ1v) is 8.16. The zero-order valence-electron chi connectivity index (χ0n) is 13.2. The summed E-state index contributed by atoms with van der Waals surface area (Å²) in [6.07, 6.45) is 5.84. The number of hydrogen-bond donors (Lipinski definition) is 0. The average Bonchev–Trinajstić information content (AvgIpc) is 2.98. The number of nitrogens with zero attached hydrogens (tertiary/aromatic N) is 1. The molecule has 3 rings (SSSR count). The zero-order chi connectivity index (χ0) is 14.7.